The minimum atomic E-state index is 0.159. The topological polar surface area (TPSA) is 38.3 Å². The van der Waals surface area contributed by atoms with Crippen molar-refractivity contribution in [3.8, 4) is 5.75 Å². The molecule has 0 spiro atoms. The van der Waals surface area contributed by atoms with Gasteiger partial charge in [-0.15, -0.1) is 0 Å². The highest BCUT2D eigenvalue weighted by Crippen LogP contribution is 2.27. The molecule has 1 aromatic rings. The van der Waals surface area contributed by atoms with E-state index < -0.39 is 0 Å². The van der Waals surface area contributed by atoms with Crippen LogP contribution in [0.15, 0.2) is 18.2 Å². The largest absolute Gasteiger partial charge is 0.496 e. The third kappa shape index (κ3) is 2.78. The van der Waals surface area contributed by atoms with Crippen LogP contribution in [0.1, 0.15) is 31.2 Å². The van der Waals surface area contributed by atoms with Crippen molar-refractivity contribution >= 4 is 11.6 Å². The van der Waals surface area contributed by atoms with Crippen LogP contribution in [0.4, 0.5) is 5.69 Å². The molecule has 0 radical (unpaired) electrons. The molecule has 0 aromatic heterocycles. The molecule has 1 aromatic carbocycles. The summed E-state index contributed by atoms with van der Waals surface area (Å²) in [5, 5.41) is 2.98. The number of benzene rings is 1. The van der Waals surface area contributed by atoms with Gasteiger partial charge >= 0.3 is 0 Å². The predicted molar refractivity (Wildman–Crippen MR) is 68.3 cm³/mol. The molecule has 92 valence electrons. The zero-order chi connectivity index (χ0) is 12.3. The molecule has 1 saturated carbocycles. The van der Waals surface area contributed by atoms with Crippen molar-refractivity contribution in [1.29, 1.82) is 0 Å². The summed E-state index contributed by atoms with van der Waals surface area (Å²) in [5.41, 5.74) is 1.90. The molecule has 1 aliphatic carbocycles. The van der Waals surface area contributed by atoms with E-state index >= 15 is 0 Å². The minimum Gasteiger partial charge on any atom is -0.496 e. The summed E-state index contributed by atoms with van der Waals surface area (Å²) in [6.07, 6.45) is 4.42. The molecule has 0 aliphatic heterocycles. The molecule has 2 rings (SSSR count). The summed E-state index contributed by atoms with van der Waals surface area (Å²) in [5.74, 6) is 1.22. The van der Waals surface area contributed by atoms with Gasteiger partial charge in [0.05, 0.1) is 7.11 Å². The fourth-order valence-corrected chi connectivity index (χ4v) is 2.39. The number of hydrogen-bond acceptors (Lipinski definition) is 2. The molecule has 17 heavy (non-hydrogen) atoms. The Morgan fingerprint density at radius 2 is 2.06 bits per heavy atom. The van der Waals surface area contributed by atoms with Crippen LogP contribution in [0.5, 0.6) is 5.75 Å². The highest BCUT2D eigenvalue weighted by atomic mass is 16.5. The molecular weight excluding hydrogens is 214 g/mol. The molecule has 1 fully saturated rings. The van der Waals surface area contributed by atoms with E-state index in [2.05, 4.69) is 5.32 Å². The monoisotopic (exact) mass is 233 g/mol. The maximum absolute atomic E-state index is 11.9. The van der Waals surface area contributed by atoms with Gasteiger partial charge in [0.2, 0.25) is 5.91 Å². The van der Waals surface area contributed by atoms with Gasteiger partial charge in [-0.1, -0.05) is 12.8 Å². The summed E-state index contributed by atoms with van der Waals surface area (Å²) in [4.78, 5) is 11.9. The van der Waals surface area contributed by atoms with Crippen LogP contribution in [-0.2, 0) is 4.79 Å². The van der Waals surface area contributed by atoms with Crippen LogP contribution in [-0.4, -0.2) is 13.0 Å². The fourth-order valence-electron chi connectivity index (χ4n) is 2.39. The van der Waals surface area contributed by atoms with Gasteiger partial charge in [0.25, 0.3) is 0 Å². The third-order valence-corrected chi connectivity index (χ3v) is 3.39. The van der Waals surface area contributed by atoms with Crippen LogP contribution in [0.25, 0.3) is 0 Å². The van der Waals surface area contributed by atoms with Crippen molar-refractivity contribution < 1.29 is 9.53 Å². The lowest BCUT2D eigenvalue weighted by atomic mass is 10.1. The van der Waals surface area contributed by atoms with Crippen LogP contribution >= 0.6 is 0 Å². The Bertz CT molecular complexity index is 409. The number of methoxy groups -OCH3 is 1. The second-order valence-corrected chi connectivity index (χ2v) is 4.66. The maximum atomic E-state index is 11.9. The van der Waals surface area contributed by atoms with Crippen LogP contribution in [0.3, 0.4) is 0 Å². The van der Waals surface area contributed by atoms with Gasteiger partial charge in [-0.25, -0.2) is 0 Å². The van der Waals surface area contributed by atoms with Crippen molar-refractivity contribution in [2.24, 2.45) is 5.92 Å². The van der Waals surface area contributed by atoms with Crippen molar-refractivity contribution in [2.45, 2.75) is 32.6 Å². The summed E-state index contributed by atoms with van der Waals surface area (Å²) < 4.78 is 5.19. The highest BCUT2D eigenvalue weighted by molar-refractivity contribution is 5.92. The second-order valence-electron chi connectivity index (χ2n) is 4.66. The Balaban J connectivity index is 2.03. The molecule has 1 aliphatic rings. The molecule has 0 saturated heterocycles. The Morgan fingerprint density at radius 3 is 2.65 bits per heavy atom. The molecule has 0 heterocycles. The fraction of sp³-hybridized carbons (Fsp3) is 0.500. The number of carbonyl (C=O) groups excluding carboxylic acids is 1. The van der Waals surface area contributed by atoms with Gasteiger partial charge in [-0.3, -0.25) is 4.79 Å². The Morgan fingerprint density at radius 1 is 1.35 bits per heavy atom. The molecule has 3 nitrogen and oxygen atoms in total. The molecule has 0 atom stereocenters. The van der Waals surface area contributed by atoms with E-state index in [0.717, 1.165) is 29.8 Å². The standard InChI is InChI=1S/C14H19NO2/c1-10-9-12(7-8-13(10)17-2)15-14(16)11-5-3-4-6-11/h7-9,11H,3-6H2,1-2H3,(H,15,16). The molecule has 1 amide bonds. The first-order valence-electron chi connectivity index (χ1n) is 6.16. The number of nitrogens with one attached hydrogen (secondary N) is 1. The van der Waals surface area contributed by atoms with E-state index in [9.17, 15) is 4.79 Å². The lowest BCUT2D eigenvalue weighted by Gasteiger charge is -2.12. The van der Waals surface area contributed by atoms with Gasteiger partial charge in [0.15, 0.2) is 0 Å². The van der Waals surface area contributed by atoms with Crippen molar-refractivity contribution in [3.05, 3.63) is 23.8 Å². The number of amides is 1. The molecule has 0 unspecified atom stereocenters. The Kier molecular flexibility index (Phi) is 3.67. The Labute approximate surface area is 102 Å². The van der Waals surface area contributed by atoms with Gasteiger partial charge in [-0.05, 0) is 43.5 Å². The van der Waals surface area contributed by atoms with E-state index in [1.165, 1.54) is 12.8 Å². The molecular formula is C14H19NO2. The van der Waals surface area contributed by atoms with E-state index in [-0.39, 0.29) is 11.8 Å². The number of ether oxygens (including phenoxy) is 1. The first-order chi connectivity index (χ1) is 8.20. The number of anilines is 1. The minimum absolute atomic E-state index is 0.159. The van der Waals surface area contributed by atoms with Gasteiger partial charge in [0.1, 0.15) is 5.75 Å². The van der Waals surface area contributed by atoms with Crippen LogP contribution in [0, 0.1) is 12.8 Å². The number of rotatable bonds is 3. The summed E-state index contributed by atoms with van der Waals surface area (Å²) in [6.45, 7) is 1.98. The van der Waals surface area contributed by atoms with E-state index in [1.54, 1.807) is 7.11 Å². The summed E-state index contributed by atoms with van der Waals surface area (Å²) in [6, 6.07) is 5.73. The normalized spacial score (nSPS) is 15.9. The zero-order valence-corrected chi connectivity index (χ0v) is 10.5. The van der Waals surface area contributed by atoms with Crippen molar-refractivity contribution in [2.75, 3.05) is 12.4 Å². The number of hydrogen-bond donors (Lipinski definition) is 1. The summed E-state index contributed by atoms with van der Waals surface area (Å²) in [7, 11) is 1.65. The molecule has 3 heteroatoms. The second kappa shape index (κ2) is 5.21. The average Bonchev–Trinajstić information content (AvgIpc) is 2.82. The molecule has 1 N–H and O–H groups in total. The highest BCUT2D eigenvalue weighted by Gasteiger charge is 2.22. The zero-order valence-electron chi connectivity index (χ0n) is 10.5. The quantitative estimate of drug-likeness (QED) is 0.871. The van der Waals surface area contributed by atoms with Gasteiger partial charge in [-0.2, -0.15) is 0 Å². The Hall–Kier alpha value is -1.51. The first-order valence-corrected chi connectivity index (χ1v) is 6.16. The van der Waals surface area contributed by atoms with E-state index in [0.29, 0.717) is 0 Å². The maximum Gasteiger partial charge on any atom is 0.227 e. The lowest BCUT2D eigenvalue weighted by Crippen LogP contribution is -2.20. The van der Waals surface area contributed by atoms with Gasteiger partial charge < -0.3 is 10.1 Å². The smallest absolute Gasteiger partial charge is 0.227 e. The number of aryl methyl sites for hydroxylation is 1. The van der Waals surface area contributed by atoms with Crippen molar-refractivity contribution in [1.82, 2.24) is 0 Å². The molecule has 0 bridgehead atoms. The predicted octanol–water partition coefficient (Wildman–Crippen LogP) is 3.13. The van der Waals surface area contributed by atoms with Gasteiger partial charge in [0, 0.05) is 11.6 Å². The first kappa shape index (κ1) is 12.0. The third-order valence-electron chi connectivity index (χ3n) is 3.39. The van der Waals surface area contributed by atoms with E-state index in [4.69, 9.17) is 4.74 Å². The van der Waals surface area contributed by atoms with E-state index in [1.807, 2.05) is 25.1 Å². The summed E-state index contributed by atoms with van der Waals surface area (Å²) >= 11 is 0. The lowest BCUT2D eigenvalue weighted by molar-refractivity contribution is -0.119. The van der Waals surface area contributed by atoms with Crippen molar-refractivity contribution in [3.63, 3.8) is 0 Å². The SMILES string of the molecule is COc1ccc(NC(=O)C2CCCC2)cc1C. The average molecular weight is 233 g/mol. The number of carbonyl (C=O) groups is 1. The van der Waals surface area contributed by atoms with Crippen LogP contribution in [0.2, 0.25) is 0 Å². The van der Waals surface area contributed by atoms with Crippen LogP contribution < -0.4 is 10.1 Å².